The van der Waals surface area contributed by atoms with Crippen molar-refractivity contribution in [1.29, 1.82) is 0 Å². The van der Waals surface area contributed by atoms with Crippen molar-refractivity contribution in [2.75, 3.05) is 32.7 Å². The minimum absolute atomic E-state index is 0.0509. The molecule has 0 saturated carbocycles. The second-order valence-corrected chi connectivity index (χ2v) is 7.63. The molecule has 144 valence electrons. The highest BCUT2D eigenvalue weighted by molar-refractivity contribution is 6.30. The van der Waals surface area contributed by atoms with Crippen molar-refractivity contribution < 1.29 is 4.79 Å². The number of amides is 1. The highest BCUT2D eigenvalue weighted by atomic mass is 35.5. The molecule has 1 aliphatic rings. The fourth-order valence-corrected chi connectivity index (χ4v) is 3.54. The highest BCUT2D eigenvalue weighted by Gasteiger charge is 2.18. The normalized spacial score (nSPS) is 16.8. The van der Waals surface area contributed by atoms with Gasteiger partial charge < -0.3 is 10.2 Å². The summed E-state index contributed by atoms with van der Waals surface area (Å²) >= 11 is 5.95. The van der Waals surface area contributed by atoms with Gasteiger partial charge in [0.2, 0.25) is 5.91 Å². The lowest BCUT2D eigenvalue weighted by atomic mass is 10.1. The Kier molecular flexibility index (Phi) is 7.27. The Morgan fingerprint density at radius 2 is 1.63 bits per heavy atom. The van der Waals surface area contributed by atoms with Crippen LogP contribution in [0.2, 0.25) is 5.02 Å². The molecule has 0 spiro atoms. The van der Waals surface area contributed by atoms with Crippen molar-refractivity contribution in [2.45, 2.75) is 25.9 Å². The summed E-state index contributed by atoms with van der Waals surface area (Å²) in [6.45, 7) is 7.89. The lowest BCUT2D eigenvalue weighted by Gasteiger charge is -2.34. The van der Waals surface area contributed by atoms with Crippen LogP contribution >= 0.6 is 11.6 Å². The molecule has 1 unspecified atom stereocenters. The second-order valence-electron chi connectivity index (χ2n) is 7.19. The summed E-state index contributed by atoms with van der Waals surface area (Å²) in [5.74, 6) is 0.120. The van der Waals surface area contributed by atoms with Gasteiger partial charge in [-0.2, -0.15) is 0 Å². The third-order valence-corrected chi connectivity index (χ3v) is 5.37. The van der Waals surface area contributed by atoms with Crippen LogP contribution in [0.15, 0.2) is 54.6 Å². The predicted octanol–water partition coefficient (Wildman–Crippen LogP) is 3.73. The number of piperazine rings is 1. The van der Waals surface area contributed by atoms with Gasteiger partial charge in [-0.15, -0.1) is 0 Å². The number of halogens is 1. The largest absolute Gasteiger partial charge is 0.350 e. The number of carbonyl (C=O) groups is 1. The van der Waals surface area contributed by atoms with E-state index in [1.54, 1.807) is 0 Å². The molecule has 1 atom stereocenters. The lowest BCUT2D eigenvalue weighted by Crippen LogP contribution is -2.46. The molecule has 27 heavy (non-hydrogen) atoms. The van der Waals surface area contributed by atoms with Crippen molar-refractivity contribution >= 4 is 17.5 Å². The average molecular weight is 386 g/mol. The Balaban J connectivity index is 1.35. The number of hydrogen-bond donors (Lipinski definition) is 1. The molecule has 4 nitrogen and oxygen atoms in total. The van der Waals surface area contributed by atoms with Crippen molar-refractivity contribution in [3.05, 3.63) is 70.7 Å². The molecule has 0 radical (unpaired) electrons. The van der Waals surface area contributed by atoms with E-state index in [1.807, 2.05) is 49.4 Å². The zero-order valence-electron chi connectivity index (χ0n) is 15.9. The quantitative estimate of drug-likeness (QED) is 0.788. The Labute approximate surface area is 167 Å². The molecule has 1 N–H and O–H groups in total. The summed E-state index contributed by atoms with van der Waals surface area (Å²) in [7, 11) is 0. The van der Waals surface area contributed by atoms with E-state index in [9.17, 15) is 4.79 Å². The Bertz CT molecular complexity index is 712. The lowest BCUT2D eigenvalue weighted by molar-refractivity contribution is -0.122. The first kappa shape index (κ1) is 19.9. The molecule has 3 rings (SSSR count). The van der Waals surface area contributed by atoms with Crippen LogP contribution in [0.4, 0.5) is 0 Å². The Morgan fingerprint density at radius 1 is 1.00 bits per heavy atom. The summed E-state index contributed by atoms with van der Waals surface area (Å²) in [6, 6.07) is 18.2. The topological polar surface area (TPSA) is 35.6 Å². The molecular formula is C22H28ClN3O. The zero-order valence-corrected chi connectivity index (χ0v) is 16.7. The molecule has 1 amide bonds. The highest BCUT2D eigenvalue weighted by Crippen LogP contribution is 2.14. The number of nitrogens with zero attached hydrogens (tertiary/aromatic N) is 2. The summed E-state index contributed by atoms with van der Waals surface area (Å²) < 4.78 is 0. The van der Waals surface area contributed by atoms with E-state index < -0.39 is 0 Å². The minimum atomic E-state index is 0.0509. The fourth-order valence-electron chi connectivity index (χ4n) is 3.42. The van der Waals surface area contributed by atoms with E-state index >= 15 is 0 Å². The first-order valence-corrected chi connectivity index (χ1v) is 10.0. The molecule has 0 aromatic heterocycles. The monoisotopic (exact) mass is 385 g/mol. The first-order chi connectivity index (χ1) is 13.1. The van der Waals surface area contributed by atoms with Crippen LogP contribution in [-0.4, -0.2) is 48.4 Å². The maximum atomic E-state index is 12.2. The van der Waals surface area contributed by atoms with E-state index in [2.05, 4.69) is 27.2 Å². The van der Waals surface area contributed by atoms with Gasteiger partial charge in [0.05, 0.1) is 6.04 Å². The minimum Gasteiger partial charge on any atom is -0.350 e. The van der Waals surface area contributed by atoms with E-state index in [0.29, 0.717) is 6.42 Å². The van der Waals surface area contributed by atoms with Gasteiger partial charge in [-0.1, -0.05) is 54.1 Å². The Morgan fingerprint density at radius 3 is 2.30 bits per heavy atom. The fraction of sp³-hybridized carbons (Fsp3) is 0.409. The van der Waals surface area contributed by atoms with Gasteiger partial charge in [-0.05, 0) is 30.2 Å². The third-order valence-electron chi connectivity index (χ3n) is 5.12. The molecular weight excluding hydrogens is 358 g/mol. The molecule has 1 aliphatic heterocycles. The number of carbonyl (C=O) groups excluding carboxylic acids is 1. The van der Waals surface area contributed by atoms with Crippen molar-refractivity contribution in [3.8, 4) is 0 Å². The number of nitrogens with one attached hydrogen (secondary N) is 1. The number of hydrogen-bond acceptors (Lipinski definition) is 3. The van der Waals surface area contributed by atoms with Gasteiger partial charge in [-0.25, -0.2) is 0 Å². The van der Waals surface area contributed by atoms with Gasteiger partial charge in [0.25, 0.3) is 0 Å². The number of rotatable bonds is 7. The van der Waals surface area contributed by atoms with E-state index in [-0.39, 0.29) is 11.9 Å². The van der Waals surface area contributed by atoms with E-state index in [4.69, 9.17) is 11.6 Å². The summed E-state index contributed by atoms with van der Waals surface area (Å²) in [5, 5.41) is 3.88. The molecule has 5 heteroatoms. The summed E-state index contributed by atoms with van der Waals surface area (Å²) in [4.78, 5) is 17.1. The summed E-state index contributed by atoms with van der Waals surface area (Å²) in [5.41, 5.74) is 2.43. The van der Waals surface area contributed by atoms with E-state index in [0.717, 1.165) is 49.9 Å². The van der Waals surface area contributed by atoms with Gasteiger partial charge in [-0.3, -0.25) is 9.69 Å². The van der Waals surface area contributed by atoms with Gasteiger partial charge in [0, 0.05) is 50.7 Å². The molecule has 1 saturated heterocycles. The smallest absolute Gasteiger partial charge is 0.221 e. The zero-order chi connectivity index (χ0) is 19.1. The van der Waals surface area contributed by atoms with Crippen LogP contribution in [0, 0.1) is 0 Å². The van der Waals surface area contributed by atoms with Crippen LogP contribution in [0.1, 0.15) is 30.5 Å². The predicted molar refractivity (Wildman–Crippen MR) is 111 cm³/mol. The first-order valence-electron chi connectivity index (χ1n) is 9.63. The maximum absolute atomic E-state index is 12.2. The van der Waals surface area contributed by atoms with Crippen molar-refractivity contribution in [2.24, 2.45) is 0 Å². The molecule has 1 fully saturated rings. The average Bonchev–Trinajstić information content (AvgIpc) is 2.70. The SMILES string of the molecule is CC(NC(=O)CCN1CCN(Cc2ccc(Cl)cc2)CC1)c1ccccc1. The molecule has 2 aromatic carbocycles. The van der Waals surface area contributed by atoms with Gasteiger partial charge in [0.15, 0.2) is 0 Å². The van der Waals surface area contributed by atoms with Gasteiger partial charge >= 0.3 is 0 Å². The van der Waals surface area contributed by atoms with Crippen LogP contribution in [0.3, 0.4) is 0 Å². The molecule has 1 heterocycles. The van der Waals surface area contributed by atoms with E-state index in [1.165, 1.54) is 5.56 Å². The van der Waals surface area contributed by atoms with Gasteiger partial charge in [0.1, 0.15) is 0 Å². The Hall–Kier alpha value is -1.88. The number of benzene rings is 2. The molecule has 2 aromatic rings. The third kappa shape index (κ3) is 6.35. The maximum Gasteiger partial charge on any atom is 0.221 e. The van der Waals surface area contributed by atoms with Crippen LogP contribution in [-0.2, 0) is 11.3 Å². The van der Waals surface area contributed by atoms with Crippen molar-refractivity contribution in [1.82, 2.24) is 15.1 Å². The molecule has 0 aliphatic carbocycles. The van der Waals surface area contributed by atoms with Crippen LogP contribution in [0.25, 0.3) is 0 Å². The van der Waals surface area contributed by atoms with Crippen molar-refractivity contribution in [3.63, 3.8) is 0 Å². The molecule has 0 bridgehead atoms. The summed E-state index contributed by atoms with van der Waals surface area (Å²) in [6.07, 6.45) is 0.550. The van der Waals surface area contributed by atoms with Crippen LogP contribution < -0.4 is 5.32 Å². The standard InChI is InChI=1S/C22H28ClN3O/c1-18(20-5-3-2-4-6-20)24-22(27)11-12-25-13-15-26(16-14-25)17-19-7-9-21(23)10-8-19/h2-10,18H,11-17H2,1H3,(H,24,27). The van der Waals surface area contributed by atoms with Crippen LogP contribution in [0.5, 0.6) is 0 Å². The second kappa shape index (κ2) is 9.88.